The van der Waals surface area contributed by atoms with Gasteiger partial charge < -0.3 is 5.11 Å². The summed E-state index contributed by atoms with van der Waals surface area (Å²) in [6.07, 6.45) is 3.05. The largest absolute Gasteiger partial charge is 0.388 e. The highest BCUT2D eigenvalue weighted by Crippen LogP contribution is 2.30. The summed E-state index contributed by atoms with van der Waals surface area (Å²) < 4.78 is 25.9. The first-order chi connectivity index (χ1) is 8.10. The van der Waals surface area contributed by atoms with E-state index in [9.17, 15) is 13.9 Å². The van der Waals surface area contributed by atoms with Gasteiger partial charge in [0.1, 0.15) is 0 Å². The van der Waals surface area contributed by atoms with E-state index in [0.29, 0.717) is 5.56 Å². The van der Waals surface area contributed by atoms with E-state index in [1.807, 2.05) is 0 Å². The fourth-order valence-corrected chi connectivity index (χ4v) is 2.17. The van der Waals surface area contributed by atoms with Gasteiger partial charge in [-0.2, -0.15) is 0 Å². The Balaban J connectivity index is 2.84. The molecule has 0 fully saturated rings. The Morgan fingerprint density at radius 2 is 1.65 bits per heavy atom. The molecule has 1 aromatic rings. The van der Waals surface area contributed by atoms with Crippen molar-refractivity contribution in [2.75, 3.05) is 0 Å². The zero-order valence-corrected chi connectivity index (χ0v) is 10.4. The van der Waals surface area contributed by atoms with Crippen LogP contribution < -0.4 is 0 Å². The second kappa shape index (κ2) is 6.70. The van der Waals surface area contributed by atoms with Gasteiger partial charge in [-0.1, -0.05) is 32.8 Å². The summed E-state index contributed by atoms with van der Waals surface area (Å²) in [7, 11) is 0. The summed E-state index contributed by atoms with van der Waals surface area (Å²) in [4.78, 5) is 0. The van der Waals surface area contributed by atoms with E-state index in [1.165, 1.54) is 6.07 Å². The van der Waals surface area contributed by atoms with Crippen LogP contribution in [0.4, 0.5) is 8.78 Å². The summed E-state index contributed by atoms with van der Waals surface area (Å²) in [6, 6.07) is 3.63. The molecule has 0 radical (unpaired) electrons. The Morgan fingerprint density at radius 1 is 1.06 bits per heavy atom. The van der Waals surface area contributed by atoms with Gasteiger partial charge in [-0.05, 0) is 36.5 Å². The second-order valence-electron chi connectivity index (χ2n) is 4.46. The monoisotopic (exact) mass is 242 g/mol. The zero-order valence-electron chi connectivity index (χ0n) is 10.4. The molecular formula is C14H20F2O. The zero-order chi connectivity index (χ0) is 12.8. The van der Waals surface area contributed by atoms with Crippen LogP contribution in [0.15, 0.2) is 18.2 Å². The van der Waals surface area contributed by atoms with Gasteiger partial charge in [-0.3, -0.25) is 0 Å². The van der Waals surface area contributed by atoms with Gasteiger partial charge >= 0.3 is 0 Å². The highest BCUT2D eigenvalue weighted by atomic mass is 19.2. The molecule has 96 valence electrons. The number of halogens is 2. The van der Waals surface area contributed by atoms with Crippen molar-refractivity contribution in [3.8, 4) is 0 Å². The predicted molar refractivity (Wildman–Crippen MR) is 64.6 cm³/mol. The maximum absolute atomic E-state index is 13.1. The molecule has 1 N–H and O–H groups in total. The molecule has 1 aromatic carbocycles. The van der Waals surface area contributed by atoms with Crippen LogP contribution in [0.3, 0.4) is 0 Å². The van der Waals surface area contributed by atoms with Crippen molar-refractivity contribution < 1.29 is 13.9 Å². The van der Waals surface area contributed by atoms with Crippen molar-refractivity contribution in [1.29, 1.82) is 0 Å². The Labute approximate surface area is 101 Å². The molecule has 0 aliphatic carbocycles. The first-order valence-electron chi connectivity index (χ1n) is 6.23. The summed E-state index contributed by atoms with van der Waals surface area (Å²) in [5.74, 6) is -1.65. The lowest BCUT2D eigenvalue weighted by Gasteiger charge is -2.22. The number of rotatable bonds is 6. The van der Waals surface area contributed by atoms with Gasteiger partial charge in [-0.15, -0.1) is 0 Å². The summed E-state index contributed by atoms with van der Waals surface area (Å²) in [6.45, 7) is 4.11. The van der Waals surface area contributed by atoms with Crippen molar-refractivity contribution >= 4 is 0 Å². The van der Waals surface area contributed by atoms with Crippen LogP contribution in [0.25, 0.3) is 0 Å². The van der Waals surface area contributed by atoms with Gasteiger partial charge in [0.15, 0.2) is 11.6 Å². The van der Waals surface area contributed by atoms with E-state index in [1.54, 1.807) is 0 Å². The van der Waals surface area contributed by atoms with E-state index in [0.717, 1.165) is 37.8 Å². The lowest BCUT2D eigenvalue weighted by molar-refractivity contribution is 0.0960. The van der Waals surface area contributed by atoms with Crippen molar-refractivity contribution in [3.05, 3.63) is 35.4 Å². The molecule has 1 unspecified atom stereocenters. The lowest BCUT2D eigenvalue weighted by atomic mass is 9.88. The average molecular weight is 242 g/mol. The first kappa shape index (κ1) is 14.1. The summed E-state index contributed by atoms with van der Waals surface area (Å²) in [5.41, 5.74) is 0.468. The van der Waals surface area contributed by atoms with Crippen LogP contribution in [-0.4, -0.2) is 5.11 Å². The molecule has 0 aromatic heterocycles. The van der Waals surface area contributed by atoms with E-state index < -0.39 is 17.7 Å². The van der Waals surface area contributed by atoms with Gasteiger partial charge in [0.25, 0.3) is 0 Å². The number of aliphatic hydroxyl groups is 1. The van der Waals surface area contributed by atoms with Crippen molar-refractivity contribution in [2.45, 2.75) is 45.6 Å². The molecule has 1 nitrogen and oxygen atoms in total. The second-order valence-corrected chi connectivity index (χ2v) is 4.46. The minimum Gasteiger partial charge on any atom is -0.388 e. The van der Waals surface area contributed by atoms with Crippen LogP contribution in [0.2, 0.25) is 0 Å². The van der Waals surface area contributed by atoms with E-state index in [4.69, 9.17) is 0 Å². The third-order valence-corrected chi connectivity index (χ3v) is 3.05. The van der Waals surface area contributed by atoms with Crippen LogP contribution in [-0.2, 0) is 0 Å². The number of hydrogen-bond donors (Lipinski definition) is 1. The highest BCUT2D eigenvalue weighted by Gasteiger charge is 2.20. The summed E-state index contributed by atoms with van der Waals surface area (Å²) in [5, 5.41) is 10.2. The fourth-order valence-electron chi connectivity index (χ4n) is 2.17. The van der Waals surface area contributed by atoms with Gasteiger partial charge in [0.05, 0.1) is 6.10 Å². The third kappa shape index (κ3) is 3.77. The highest BCUT2D eigenvalue weighted by molar-refractivity contribution is 5.20. The number of benzene rings is 1. The molecule has 1 atom stereocenters. The van der Waals surface area contributed by atoms with Crippen LogP contribution in [0, 0.1) is 17.6 Å². The molecule has 0 heterocycles. The van der Waals surface area contributed by atoms with E-state index >= 15 is 0 Å². The van der Waals surface area contributed by atoms with E-state index in [-0.39, 0.29) is 5.92 Å². The SMILES string of the molecule is CCCC(CCC)C(O)c1ccc(F)c(F)c1. The van der Waals surface area contributed by atoms with Crippen molar-refractivity contribution in [2.24, 2.45) is 5.92 Å². The molecule has 17 heavy (non-hydrogen) atoms. The van der Waals surface area contributed by atoms with Crippen molar-refractivity contribution in [1.82, 2.24) is 0 Å². The normalized spacial score (nSPS) is 13.1. The smallest absolute Gasteiger partial charge is 0.159 e. The van der Waals surface area contributed by atoms with Crippen LogP contribution >= 0.6 is 0 Å². The molecule has 1 rings (SSSR count). The molecule has 0 saturated carbocycles. The maximum Gasteiger partial charge on any atom is 0.159 e. The standard InChI is InChI=1S/C14H20F2O/c1-3-5-10(6-4-2)14(17)11-7-8-12(15)13(16)9-11/h7-10,14,17H,3-6H2,1-2H3. The lowest BCUT2D eigenvalue weighted by Crippen LogP contribution is -2.13. The molecule has 0 aliphatic rings. The minimum atomic E-state index is -0.895. The maximum atomic E-state index is 13.1. The number of aliphatic hydroxyl groups excluding tert-OH is 1. The van der Waals surface area contributed by atoms with Crippen molar-refractivity contribution in [3.63, 3.8) is 0 Å². The fraction of sp³-hybridized carbons (Fsp3) is 0.571. The quantitative estimate of drug-likeness (QED) is 0.792. The molecule has 0 bridgehead atoms. The Bertz CT molecular complexity index is 346. The van der Waals surface area contributed by atoms with Crippen LogP contribution in [0.5, 0.6) is 0 Å². The molecular weight excluding hydrogens is 222 g/mol. The average Bonchev–Trinajstić information content (AvgIpc) is 2.31. The molecule has 3 heteroatoms. The van der Waals surface area contributed by atoms with Gasteiger partial charge in [0, 0.05) is 0 Å². The molecule has 0 aliphatic heterocycles. The topological polar surface area (TPSA) is 20.2 Å². The predicted octanol–water partition coefficient (Wildman–Crippen LogP) is 4.21. The summed E-state index contributed by atoms with van der Waals surface area (Å²) >= 11 is 0. The molecule has 0 amide bonds. The van der Waals surface area contributed by atoms with Crippen LogP contribution in [0.1, 0.15) is 51.2 Å². The Hall–Kier alpha value is -0.960. The Kier molecular flexibility index (Phi) is 5.56. The first-order valence-corrected chi connectivity index (χ1v) is 6.23. The minimum absolute atomic E-state index is 0.120. The molecule has 0 spiro atoms. The van der Waals surface area contributed by atoms with Gasteiger partial charge in [0.2, 0.25) is 0 Å². The number of hydrogen-bond acceptors (Lipinski definition) is 1. The van der Waals surface area contributed by atoms with E-state index in [2.05, 4.69) is 13.8 Å². The van der Waals surface area contributed by atoms with Gasteiger partial charge in [-0.25, -0.2) is 8.78 Å². The molecule has 0 saturated heterocycles. The Morgan fingerprint density at radius 3 is 2.12 bits per heavy atom. The third-order valence-electron chi connectivity index (χ3n) is 3.05.